The Morgan fingerprint density at radius 2 is 1.57 bits per heavy atom. The maximum atomic E-state index is 10.0. The summed E-state index contributed by atoms with van der Waals surface area (Å²) in [5, 5.41) is 13.7. The van der Waals surface area contributed by atoms with Gasteiger partial charge in [-0.2, -0.15) is 0 Å². The van der Waals surface area contributed by atoms with Gasteiger partial charge in [0.05, 0.1) is 20.8 Å². The molecule has 4 heteroatoms. The highest BCUT2D eigenvalue weighted by molar-refractivity contribution is 5.40. The molecule has 1 unspecified atom stereocenters. The van der Waals surface area contributed by atoms with E-state index in [1.165, 1.54) is 70.6 Å². The Bertz CT molecular complexity index is 590. The number of nitrogens with one attached hydrogen (secondary N) is 1. The molecule has 2 aliphatic carbocycles. The fourth-order valence-electron chi connectivity index (χ4n) is 5.94. The van der Waals surface area contributed by atoms with Gasteiger partial charge in [0.15, 0.2) is 0 Å². The van der Waals surface area contributed by atoms with E-state index in [0.29, 0.717) is 0 Å². The lowest BCUT2D eigenvalue weighted by Gasteiger charge is -2.38. The largest absolute Gasteiger partial charge is 0.497 e. The number of hydrogen-bond acceptors (Lipinski definition) is 4. The molecule has 0 spiro atoms. The Morgan fingerprint density at radius 1 is 0.933 bits per heavy atom. The van der Waals surface area contributed by atoms with Gasteiger partial charge >= 0.3 is 0 Å². The van der Waals surface area contributed by atoms with Crippen LogP contribution in [0.4, 0.5) is 0 Å². The molecule has 1 atom stereocenters. The van der Waals surface area contributed by atoms with Gasteiger partial charge in [-0.1, -0.05) is 64.2 Å². The van der Waals surface area contributed by atoms with Crippen molar-refractivity contribution in [2.24, 2.45) is 17.8 Å². The van der Waals surface area contributed by atoms with E-state index in [4.69, 9.17) is 9.47 Å². The van der Waals surface area contributed by atoms with Gasteiger partial charge in [-0.25, -0.2) is 0 Å². The monoisotopic (exact) mass is 417 g/mol. The molecule has 0 aromatic heterocycles. The van der Waals surface area contributed by atoms with Crippen LogP contribution in [0.3, 0.4) is 0 Å². The molecular weight excluding hydrogens is 374 g/mol. The lowest BCUT2D eigenvalue weighted by Crippen LogP contribution is -2.37. The number of methoxy groups -OCH3 is 2. The fraction of sp³-hybridized carbons (Fsp3) is 0.769. The lowest BCUT2D eigenvalue weighted by atomic mass is 9.68. The smallest absolute Gasteiger partial charge is 0.122 e. The maximum absolute atomic E-state index is 10.0. The topological polar surface area (TPSA) is 50.7 Å². The summed E-state index contributed by atoms with van der Waals surface area (Å²) in [5.41, 5.74) is 1.08. The number of aliphatic hydroxyl groups excluding tert-OH is 1. The molecule has 0 amide bonds. The summed E-state index contributed by atoms with van der Waals surface area (Å²) in [6, 6.07) is 5.94. The molecule has 2 N–H and O–H groups in total. The minimum atomic E-state index is 0.0457. The van der Waals surface area contributed by atoms with Gasteiger partial charge in [0, 0.05) is 6.04 Å². The summed E-state index contributed by atoms with van der Waals surface area (Å²) in [5.74, 6) is 4.41. The molecule has 0 heterocycles. The first-order valence-electron chi connectivity index (χ1n) is 12.3. The van der Waals surface area contributed by atoms with Crippen molar-refractivity contribution in [2.75, 3.05) is 27.4 Å². The molecule has 0 radical (unpaired) electrons. The van der Waals surface area contributed by atoms with E-state index in [-0.39, 0.29) is 12.6 Å². The highest BCUT2D eigenvalue weighted by Gasteiger charge is 2.31. The third-order valence-corrected chi connectivity index (χ3v) is 7.60. The number of benzene rings is 1. The van der Waals surface area contributed by atoms with Gasteiger partial charge in [-0.3, -0.25) is 0 Å². The Morgan fingerprint density at radius 3 is 2.10 bits per heavy atom. The molecule has 2 saturated carbocycles. The van der Waals surface area contributed by atoms with Crippen molar-refractivity contribution in [3.05, 3.63) is 23.8 Å². The molecule has 2 fully saturated rings. The van der Waals surface area contributed by atoms with E-state index in [1.54, 1.807) is 14.2 Å². The normalized spacial score (nSPS) is 19.7. The predicted molar refractivity (Wildman–Crippen MR) is 123 cm³/mol. The quantitative estimate of drug-likeness (QED) is 0.509. The van der Waals surface area contributed by atoms with Crippen LogP contribution in [0.2, 0.25) is 0 Å². The van der Waals surface area contributed by atoms with Crippen molar-refractivity contribution in [2.45, 2.75) is 83.1 Å². The highest BCUT2D eigenvalue weighted by atomic mass is 16.5. The van der Waals surface area contributed by atoms with Crippen LogP contribution in [0.15, 0.2) is 18.2 Å². The zero-order chi connectivity index (χ0) is 21.2. The fourth-order valence-corrected chi connectivity index (χ4v) is 5.94. The zero-order valence-corrected chi connectivity index (χ0v) is 19.2. The van der Waals surface area contributed by atoms with E-state index >= 15 is 0 Å². The molecule has 1 aromatic rings. The molecule has 4 nitrogen and oxygen atoms in total. The first-order chi connectivity index (χ1) is 14.7. The van der Waals surface area contributed by atoms with E-state index < -0.39 is 0 Å². The molecule has 0 aliphatic heterocycles. The van der Waals surface area contributed by atoms with Crippen LogP contribution in [-0.4, -0.2) is 38.5 Å². The number of hydrogen-bond donors (Lipinski definition) is 2. The van der Waals surface area contributed by atoms with Gasteiger partial charge in [0.25, 0.3) is 0 Å². The van der Waals surface area contributed by atoms with Crippen molar-refractivity contribution in [1.29, 1.82) is 0 Å². The predicted octanol–water partition coefficient (Wildman–Crippen LogP) is 5.36. The Balaban J connectivity index is 1.57. The second-order valence-electron chi connectivity index (χ2n) is 9.46. The van der Waals surface area contributed by atoms with E-state index in [0.717, 1.165) is 47.8 Å². The summed E-state index contributed by atoms with van der Waals surface area (Å²) in [4.78, 5) is 0. The third kappa shape index (κ3) is 6.62. The zero-order valence-electron chi connectivity index (χ0n) is 19.2. The Hall–Kier alpha value is -1.26. The average molecular weight is 418 g/mol. The van der Waals surface area contributed by atoms with E-state index in [2.05, 4.69) is 5.32 Å². The highest BCUT2D eigenvalue weighted by Crippen LogP contribution is 2.41. The number of aliphatic hydroxyl groups is 1. The molecule has 0 bridgehead atoms. The average Bonchev–Trinajstić information content (AvgIpc) is 2.82. The van der Waals surface area contributed by atoms with Crippen molar-refractivity contribution < 1.29 is 14.6 Å². The van der Waals surface area contributed by atoms with Gasteiger partial charge in [0.2, 0.25) is 0 Å². The van der Waals surface area contributed by atoms with Crippen molar-refractivity contribution in [3.8, 4) is 11.5 Å². The molecule has 0 saturated heterocycles. The standard InChI is InChI=1S/C26H43NO3/c1-29-24-13-14-26(30-2)22(18-24)17-23(19-28)27-16-15-25(20-9-5-3-6-10-20)21-11-7-4-8-12-21/h13-14,18,20-21,23,25,27-28H,3-12,15-17,19H2,1-2H3. The Kier molecular flexibility index (Phi) is 9.80. The van der Waals surface area contributed by atoms with Crippen LogP contribution in [0, 0.1) is 17.8 Å². The summed E-state index contributed by atoms with van der Waals surface area (Å²) < 4.78 is 10.9. The van der Waals surface area contributed by atoms with Crippen LogP contribution in [0.5, 0.6) is 11.5 Å². The summed E-state index contributed by atoms with van der Waals surface area (Å²) >= 11 is 0. The summed E-state index contributed by atoms with van der Waals surface area (Å²) in [6.45, 7) is 1.13. The second kappa shape index (κ2) is 12.6. The van der Waals surface area contributed by atoms with Crippen LogP contribution in [0.1, 0.15) is 76.2 Å². The summed E-state index contributed by atoms with van der Waals surface area (Å²) in [7, 11) is 3.38. The Labute approximate surface area is 183 Å². The molecule has 170 valence electrons. The molecule has 1 aromatic carbocycles. The molecular formula is C26H43NO3. The number of rotatable bonds is 11. The first kappa shape index (κ1) is 23.4. The molecule has 2 aliphatic rings. The van der Waals surface area contributed by atoms with Crippen LogP contribution < -0.4 is 14.8 Å². The van der Waals surface area contributed by atoms with Crippen molar-refractivity contribution in [1.82, 2.24) is 5.32 Å². The van der Waals surface area contributed by atoms with Gasteiger partial charge < -0.3 is 19.9 Å². The van der Waals surface area contributed by atoms with Crippen LogP contribution in [0.25, 0.3) is 0 Å². The van der Waals surface area contributed by atoms with Gasteiger partial charge in [0.1, 0.15) is 11.5 Å². The minimum Gasteiger partial charge on any atom is -0.497 e. The van der Waals surface area contributed by atoms with Crippen molar-refractivity contribution in [3.63, 3.8) is 0 Å². The van der Waals surface area contributed by atoms with E-state index in [9.17, 15) is 5.11 Å². The van der Waals surface area contributed by atoms with Crippen LogP contribution >= 0.6 is 0 Å². The lowest BCUT2D eigenvalue weighted by molar-refractivity contribution is 0.131. The van der Waals surface area contributed by atoms with Gasteiger partial charge in [-0.15, -0.1) is 0 Å². The van der Waals surface area contributed by atoms with E-state index in [1.807, 2.05) is 18.2 Å². The summed E-state index contributed by atoms with van der Waals surface area (Å²) in [6.07, 6.45) is 16.3. The minimum absolute atomic E-state index is 0.0457. The SMILES string of the molecule is COc1ccc(OC)c(CC(CO)NCCC(C2CCCCC2)C2CCCCC2)c1. The first-order valence-corrected chi connectivity index (χ1v) is 12.3. The van der Waals surface area contributed by atoms with Crippen molar-refractivity contribution >= 4 is 0 Å². The van der Waals surface area contributed by atoms with Gasteiger partial charge in [-0.05, 0) is 60.9 Å². The molecule has 3 rings (SSSR count). The van der Waals surface area contributed by atoms with Crippen LogP contribution in [-0.2, 0) is 6.42 Å². The molecule has 30 heavy (non-hydrogen) atoms. The maximum Gasteiger partial charge on any atom is 0.122 e. The number of ether oxygens (including phenoxy) is 2. The third-order valence-electron chi connectivity index (χ3n) is 7.60. The second-order valence-corrected chi connectivity index (χ2v) is 9.46.